The van der Waals surface area contributed by atoms with Crippen molar-refractivity contribution >= 4 is 57.8 Å². The molecule has 0 fully saturated rings. The zero-order chi connectivity index (χ0) is 21.3. The molecule has 0 unspecified atom stereocenters. The number of nitrogens with zero attached hydrogens (tertiary/aromatic N) is 3. The van der Waals surface area contributed by atoms with Crippen LogP contribution in [0.5, 0.6) is 0 Å². The second-order valence-corrected chi connectivity index (χ2v) is 8.17. The fourth-order valence-corrected chi connectivity index (χ4v) is 4.01. The van der Waals surface area contributed by atoms with E-state index in [1.807, 2.05) is 6.92 Å². The van der Waals surface area contributed by atoms with Crippen LogP contribution in [0.4, 0.5) is 10.1 Å². The smallest absolute Gasteiger partial charge is 0.283 e. The Bertz CT molecular complexity index is 1190. The summed E-state index contributed by atoms with van der Waals surface area (Å²) in [6.07, 6.45) is 1.59. The van der Waals surface area contributed by atoms with Gasteiger partial charge in [-0.2, -0.15) is 0 Å². The summed E-state index contributed by atoms with van der Waals surface area (Å²) in [5.41, 5.74) is 1.69. The zero-order valence-corrected chi connectivity index (χ0v) is 17.9. The first kappa shape index (κ1) is 20.7. The van der Waals surface area contributed by atoms with Crippen molar-refractivity contribution in [2.75, 3.05) is 4.90 Å². The van der Waals surface area contributed by atoms with Crippen LogP contribution in [-0.4, -0.2) is 16.2 Å². The summed E-state index contributed by atoms with van der Waals surface area (Å²) in [6.45, 7) is 1.82. The van der Waals surface area contributed by atoms with Gasteiger partial charge in [0, 0.05) is 6.07 Å². The summed E-state index contributed by atoms with van der Waals surface area (Å²) < 4.78 is 19.7. The SMILES string of the molecule is Cc1cc(CSC2=N/C(=C\c3ccc(Cl)c(Cl)c3)C(=O)N2c2ccccc2F)on1. The van der Waals surface area contributed by atoms with Gasteiger partial charge in [-0.3, -0.25) is 9.69 Å². The van der Waals surface area contributed by atoms with Crippen molar-refractivity contribution < 1.29 is 13.7 Å². The third-order valence-electron chi connectivity index (χ3n) is 4.19. The van der Waals surface area contributed by atoms with Crippen molar-refractivity contribution in [2.45, 2.75) is 12.7 Å². The number of hydrogen-bond acceptors (Lipinski definition) is 5. The average Bonchev–Trinajstić information content (AvgIpc) is 3.27. The van der Waals surface area contributed by atoms with Crippen molar-refractivity contribution in [1.29, 1.82) is 0 Å². The monoisotopic (exact) mass is 461 g/mol. The maximum absolute atomic E-state index is 14.5. The van der Waals surface area contributed by atoms with E-state index in [1.54, 1.807) is 42.5 Å². The molecular weight excluding hydrogens is 448 g/mol. The molecule has 3 aromatic rings. The number of amides is 1. The van der Waals surface area contributed by atoms with Crippen molar-refractivity contribution in [3.63, 3.8) is 0 Å². The number of aryl methyl sites for hydroxylation is 1. The Hall–Kier alpha value is -2.61. The summed E-state index contributed by atoms with van der Waals surface area (Å²) in [4.78, 5) is 18.8. The van der Waals surface area contributed by atoms with Crippen LogP contribution in [-0.2, 0) is 10.5 Å². The molecule has 9 heteroatoms. The molecule has 1 aromatic heterocycles. The zero-order valence-electron chi connectivity index (χ0n) is 15.6. The Morgan fingerprint density at radius 2 is 1.97 bits per heavy atom. The van der Waals surface area contributed by atoms with Crippen LogP contribution in [0.3, 0.4) is 0 Å². The number of thioether (sulfide) groups is 1. The molecule has 5 nitrogen and oxygen atoms in total. The predicted octanol–water partition coefficient (Wildman–Crippen LogP) is 6.11. The molecule has 2 heterocycles. The van der Waals surface area contributed by atoms with Crippen molar-refractivity contribution in [2.24, 2.45) is 4.99 Å². The van der Waals surface area contributed by atoms with E-state index in [0.29, 0.717) is 32.3 Å². The lowest BCUT2D eigenvalue weighted by molar-refractivity contribution is -0.113. The standard InChI is InChI=1S/C21H14Cl2FN3O2S/c1-12-8-14(29-26-12)11-30-21-25-18(10-13-6-7-15(22)16(23)9-13)20(28)27(21)19-5-3-2-4-17(19)24/h2-10H,11H2,1H3/b18-10-. The molecule has 0 atom stereocenters. The van der Waals surface area contributed by atoms with Gasteiger partial charge in [-0.1, -0.05) is 58.3 Å². The number of halogens is 3. The average molecular weight is 462 g/mol. The first-order valence-corrected chi connectivity index (χ1v) is 10.6. The fourth-order valence-electron chi connectivity index (χ4n) is 2.82. The van der Waals surface area contributed by atoms with Crippen molar-refractivity contribution in [3.8, 4) is 0 Å². The lowest BCUT2D eigenvalue weighted by Crippen LogP contribution is -2.31. The number of carbonyl (C=O) groups is 1. The Morgan fingerprint density at radius 3 is 2.67 bits per heavy atom. The minimum Gasteiger partial charge on any atom is -0.360 e. The highest BCUT2D eigenvalue weighted by Gasteiger charge is 2.33. The minimum atomic E-state index is -0.523. The van der Waals surface area contributed by atoms with Gasteiger partial charge in [-0.25, -0.2) is 9.38 Å². The normalized spacial score (nSPS) is 15.2. The Balaban J connectivity index is 1.70. The maximum Gasteiger partial charge on any atom is 0.283 e. The Morgan fingerprint density at radius 1 is 1.17 bits per heavy atom. The predicted molar refractivity (Wildman–Crippen MR) is 118 cm³/mol. The molecule has 0 radical (unpaired) electrons. The number of aromatic nitrogens is 1. The van der Waals surface area contributed by atoms with Gasteiger partial charge in [0.25, 0.3) is 5.91 Å². The van der Waals surface area contributed by atoms with Crippen molar-refractivity contribution in [1.82, 2.24) is 5.16 Å². The molecule has 4 rings (SSSR count). The number of hydrogen-bond donors (Lipinski definition) is 0. The molecule has 1 aliphatic rings. The molecule has 0 N–H and O–H groups in total. The van der Waals surface area contributed by atoms with Gasteiger partial charge in [0.2, 0.25) is 0 Å². The lowest BCUT2D eigenvalue weighted by atomic mass is 10.2. The molecule has 0 bridgehead atoms. The molecule has 1 aliphatic heterocycles. The molecule has 0 aliphatic carbocycles. The highest BCUT2D eigenvalue weighted by Crippen LogP contribution is 2.33. The summed E-state index contributed by atoms with van der Waals surface area (Å²) in [6, 6.07) is 12.8. The first-order chi connectivity index (χ1) is 14.4. The molecule has 1 amide bonds. The van der Waals surface area contributed by atoms with E-state index < -0.39 is 11.7 Å². The molecule has 0 spiro atoms. The van der Waals surface area contributed by atoms with Gasteiger partial charge in [0.15, 0.2) is 5.17 Å². The summed E-state index contributed by atoms with van der Waals surface area (Å²) in [5.74, 6) is 0.0497. The Labute approximate surface area is 186 Å². The van der Waals surface area contributed by atoms with E-state index >= 15 is 0 Å². The van der Waals surface area contributed by atoms with E-state index in [-0.39, 0.29) is 11.4 Å². The molecule has 152 valence electrons. The molecule has 0 saturated heterocycles. The third kappa shape index (κ3) is 4.28. The fraction of sp³-hybridized carbons (Fsp3) is 0.0952. The van der Waals surface area contributed by atoms with Gasteiger partial charge in [-0.15, -0.1) is 0 Å². The number of carbonyl (C=O) groups excluding carboxylic acids is 1. The van der Waals surface area contributed by atoms with Gasteiger partial charge in [0.05, 0.1) is 27.2 Å². The quantitative estimate of drug-likeness (QED) is 0.440. The van der Waals surface area contributed by atoms with E-state index in [2.05, 4.69) is 10.1 Å². The summed E-state index contributed by atoms with van der Waals surface area (Å²) in [7, 11) is 0. The number of benzene rings is 2. The highest BCUT2D eigenvalue weighted by molar-refractivity contribution is 8.13. The molecule has 2 aromatic carbocycles. The van der Waals surface area contributed by atoms with Crippen molar-refractivity contribution in [3.05, 3.63) is 87.1 Å². The molecule has 0 saturated carbocycles. The van der Waals surface area contributed by atoms with Crippen LogP contribution in [0.15, 0.2) is 63.7 Å². The van der Waals surface area contributed by atoms with Crippen LogP contribution in [0, 0.1) is 12.7 Å². The number of amidine groups is 1. The highest BCUT2D eigenvalue weighted by atomic mass is 35.5. The number of aliphatic imine (C=N–C) groups is 1. The molecular formula is C21H14Cl2FN3O2S. The van der Waals surface area contributed by atoms with Crippen LogP contribution >= 0.6 is 35.0 Å². The number of rotatable bonds is 4. The van der Waals surface area contributed by atoms with Gasteiger partial charge < -0.3 is 4.52 Å². The summed E-state index contributed by atoms with van der Waals surface area (Å²) in [5, 5.41) is 4.96. The first-order valence-electron chi connectivity index (χ1n) is 8.82. The van der Waals surface area contributed by atoms with Gasteiger partial charge in [-0.05, 0) is 42.8 Å². The molecule has 30 heavy (non-hydrogen) atoms. The minimum absolute atomic E-state index is 0.125. The van der Waals surface area contributed by atoms with Crippen LogP contribution in [0.25, 0.3) is 6.08 Å². The van der Waals surface area contributed by atoms with E-state index in [0.717, 1.165) is 5.69 Å². The summed E-state index contributed by atoms with van der Waals surface area (Å²) >= 11 is 13.3. The second kappa shape index (κ2) is 8.63. The Kier molecular flexibility index (Phi) is 5.94. The van der Waals surface area contributed by atoms with E-state index in [4.69, 9.17) is 27.7 Å². The second-order valence-electron chi connectivity index (χ2n) is 6.41. The van der Waals surface area contributed by atoms with Crippen LogP contribution < -0.4 is 4.90 Å². The van der Waals surface area contributed by atoms with Gasteiger partial charge >= 0.3 is 0 Å². The largest absolute Gasteiger partial charge is 0.360 e. The third-order valence-corrected chi connectivity index (χ3v) is 5.89. The maximum atomic E-state index is 14.5. The topological polar surface area (TPSA) is 58.7 Å². The van der Waals surface area contributed by atoms with E-state index in [1.165, 1.54) is 28.8 Å². The van der Waals surface area contributed by atoms with Crippen LogP contribution in [0.1, 0.15) is 17.0 Å². The number of para-hydroxylation sites is 1. The number of anilines is 1. The van der Waals surface area contributed by atoms with E-state index in [9.17, 15) is 9.18 Å². The van der Waals surface area contributed by atoms with Gasteiger partial charge in [0.1, 0.15) is 17.3 Å². The van der Waals surface area contributed by atoms with Crippen LogP contribution in [0.2, 0.25) is 10.0 Å². The lowest BCUT2D eigenvalue weighted by Gasteiger charge is -2.18.